The highest BCUT2D eigenvalue weighted by Crippen LogP contribution is 2.17. The van der Waals surface area contributed by atoms with Crippen LogP contribution in [0.2, 0.25) is 0 Å². The van der Waals surface area contributed by atoms with Gasteiger partial charge in [0.25, 0.3) is 0 Å². The number of rotatable bonds is 6. The monoisotopic (exact) mass is 281 g/mol. The fourth-order valence-electron chi connectivity index (χ4n) is 2.37. The largest absolute Gasteiger partial charge is 0.379 e. The van der Waals surface area contributed by atoms with Crippen LogP contribution in [0.3, 0.4) is 0 Å². The summed E-state index contributed by atoms with van der Waals surface area (Å²) >= 11 is 0. The molecule has 0 amide bonds. The Balaban J connectivity index is 1.73. The fraction of sp³-hybridized carbons (Fsp3) is 0.250. The summed E-state index contributed by atoms with van der Waals surface area (Å²) in [6, 6.07) is 10.3. The van der Waals surface area contributed by atoms with Gasteiger partial charge in [0.15, 0.2) is 0 Å². The molecule has 0 aliphatic rings. The molecule has 0 aliphatic heterocycles. The molecule has 5 nitrogen and oxygen atoms in total. The number of nitrogens with zero attached hydrogens (tertiary/aromatic N) is 4. The molecule has 0 saturated carbocycles. The maximum atomic E-state index is 4.26. The first-order valence-electron chi connectivity index (χ1n) is 7.15. The summed E-state index contributed by atoms with van der Waals surface area (Å²) in [6.45, 7) is 4.59. The number of para-hydroxylation sites is 1. The molecule has 0 bridgehead atoms. The molecule has 3 aromatic rings. The number of hydrogen-bond acceptors (Lipinski definition) is 3. The Morgan fingerprint density at radius 3 is 2.90 bits per heavy atom. The lowest BCUT2D eigenvalue weighted by atomic mass is 10.1. The van der Waals surface area contributed by atoms with E-state index in [0.29, 0.717) is 0 Å². The van der Waals surface area contributed by atoms with Crippen molar-refractivity contribution in [2.75, 3.05) is 5.32 Å². The van der Waals surface area contributed by atoms with Crippen molar-refractivity contribution in [3.05, 3.63) is 66.5 Å². The smallest absolute Gasteiger partial charge is 0.0948 e. The van der Waals surface area contributed by atoms with Crippen molar-refractivity contribution in [2.24, 2.45) is 0 Å². The first-order chi connectivity index (χ1) is 10.4. The van der Waals surface area contributed by atoms with Crippen molar-refractivity contribution in [2.45, 2.75) is 26.6 Å². The van der Waals surface area contributed by atoms with E-state index in [0.717, 1.165) is 25.3 Å². The molecule has 108 valence electrons. The maximum Gasteiger partial charge on any atom is 0.0948 e. The molecule has 2 aromatic heterocycles. The lowest BCUT2D eigenvalue weighted by Crippen LogP contribution is -2.09. The second kappa shape index (κ2) is 6.26. The molecule has 0 radical (unpaired) electrons. The van der Waals surface area contributed by atoms with Gasteiger partial charge < -0.3 is 9.88 Å². The topological polar surface area (TPSA) is 47.7 Å². The van der Waals surface area contributed by atoms with Gasteiger partial charge in [-0.05, 0) is 24.6 Å². The predicted octanol–water partition coefficient (Wildman–Crippen LogP) is 2.76. The summed E-state index contributed by atoms with van der Waals surface area (Å²) in [5, 5.41) is 7.77. The molecule has 0 saturated heterocycles. The van der Waals surface area contributed by atoms with Crippen molar-refractivity contribution < 1.29 is 0 Å². The molecule has 0 fully saturated rings. The van der Waals surface area contributed by atoms with Gasteiger partial charge in [-0.3, -0.25) is 4.68 Å². The quantitative estimate of drug-likeness (QED) is 0.756. The van der Waals surface area contributed by atoms with Gasteiger partial charge in [0, 0.05) is 30.8 Å². The van der Waals surface area contributed by atoms with Gasteiger partial charge in [-0.15, -0.1) is 0 Å². The van der Waals surface area contributed by atoms with Crippen LogP contribution in [0, 0.1) is 0 Å². The van der Waals surface area contributed by atoms with E-state index in [4.69, 9.17) is 0 Å². The minimum Gasteiger partial charge on any atom is -0.379 e. The molecule has 1 N–H and O–H groups in total. The van der Waals surface area contributed by atoms with E-state index in [1.807, 2.05) is 35.5 Å². The second-order valence-corrected chi connectivity index (χ2v) is 4.89. The van der Waals surface area contributed by atoms with Gasteiger partial charge in [-0.2, -0.15) is 5.10 Å². The molecule has 0 atom stereocenters. The average Bonchev–Trinajstić information content (AvgIpc) is 3.17. The molecule has 0 spiro atoms. The fourth-order valence-corrected chi connectivity index (χ4v) is 2.37. The molecule has 1 aromatic carbocycles. The van der Waals surface area contributed by atoms with Crippen LogP contribution in [0.15, 0.2) is 55.2 Å². The lowest BCUT2D eigenvalue weighted by Gasteiger charge is -2.13. The van der Waals surface area contributed by atoms with Crippen LogP contribution in [0.1, 0.15) is 18.2 Å². The standard InChI is InChI=1S/C16H19N5/c1-2-20-13-17-10-15(20)11-18-16-7-4-3-6-14(16)12-21-9-5-8-19-21/h3-10,13,18H,2,11-12H2,1H3. The third kappa shape index (κ3) is 3.13. The first-order valence-corrected chi connectivity index (χ1v) is 7.15. The third-order valence-corrected chi connectivity index (χ3v) is 3.51. The van der Waals surface area contributed by atoms with E-state index < -0.39 is 0 Å². The molecule has 3 rings (SSSR count). The van der Waals surface area contributed by atoms with Gasteiger partial charge in [-0.25, -0.2) is 4.98 Å². The third-order valence-electron chi connectivity index (χ3n) is 3.51. The number of imidazole rings is 1. The van der Waals surface area contributed by atoms with Gasteiger partial charge in [0.1, 0.15) is 0 Å². The summed E-state index contributed by atoms with van der Waals surface area (Å²) in [6.07, 6.45) is 7.55. The average molecular weight is 281 g/mol. The van der Waals surface area contributed by atoms with Gasteiger partial charge in [0.05, 0.1) is 25.1 Å². The summed E-state index contributed by atoms with van der Waals surface area (Å²) in [7, 11) is 0. The van der Waals surface area contributed by atoms with Crippen LogP contribution in [0.5, 0.6) is 0 Å². The summed E-state index contributed by atoms with van der Waals surface area (Å²) < 4.78 is 4.07. The van der Waals surface area contributed by atoms with Gasteiger partial charge in [-0.1, -0.05) is 18.2 Å². The molecular weight excluding hydrogens is 262 g/mol. The highest BCUT2D eigenvalue weighted by molar-refractivity contribution is 5.51. The molecular formula is C16H19N5. The Hall–Kier alpha value is -2.56. The Morgan fingerprint density at radius 1 is 1.19 bits per heavy atom. The minimum atomic E-state index is 0.767. The van der Waals surface area contributed by atoms with E-state index in [-0.39, 0.29) is 0 Å². The van der Waals surface area contributed by atoms with Crippen molar-refractivity contribution in [3.8, 4) is 0 Å². The summed E-state index contributed by atoms with van der Waals surface area (Å²) in [5.41, 5.74) is 3.55. The highest BCUT2D eigenvalue weighted by Gasteiger charge is 2.05. The predicted molar refractivity (Wildman–Crippen MR) is 83.0 cm³/mol. The number of hydrogen-bond donors (Lipinski definition) is 1. The molecule has 5 heteroatoms. The molecule has 2 heterocycles. The van der Waals surface area contributed by atoms with E-state index in [1.165, 1.54) is 11.3 Å². The zero-order valence-corrected chi connectivity index (χ0v) is 12.1. The van der Waals surface area contributed by atoms with Crippen LogP contribution in [-0.4, -0.2) is 19.3 Å². The summed E-state index contributed by atoms with van der Waals surface area (Å²) in [5.74, 6) is 0. The zero-order chi connectivity index (χ0) is 14.5. The Kier molecular flexibility index (Phi) is 4.00. The Bertz CT molecular complexity index is 684. The van der Waals surface area contributed by atoms with Crippen molar-refractivity contribution >= 4 is 5.69 Å². The van der Waals surface area contributed by atoms with Crippen molar-refractivity contribution in [1.82, 2.24) is 19.3 Å². The number of anilines is 1. The van der Waals surface area contributed by atoms with E-state index in [9.17, 15) is 0 Å². The molecule has 0 aliphatic carbocycles. The lowest BCUT2D eigenvalue weighted by molar-refractivity contribution is 0.686. The number of benzene rings is 1. The Labute approximate surface area is 124 Å². The normalized spacial score (nSPS) is 10.7. The first kappa shape index (κ1) is 13.4. The van der Waals surface area contributed by atoms with E-state index in [1.54, 1.807) is 6.20 Å². The zero-order valence-electron chi connectivity index (χ0n) is 12.1. The van der Waals surface area contributed by atoms with Crippen LogP contribution in [0.25, 0.3) is 0 Å². The SMILES string of the molecule is CCn1cncc1CNc1ccccc1Cn1cccn1. The highest BCUT2D eigenvalue weighted by atomic mass is 15.3. The number of aryl methyl sites for hydroxylation is 1. The second-order valence-electron chi connectivity index (χ2n) is 4.89. The number of nitrogens with one attached hydrogen (secondary N) is 1. The van der Waals surface area contributed by atoms with Crippen LogP contribution >= 0.6 is 0 Å². The maximum absolute atomic E-state index is 4.26. The van der Waals surface area contributed by atoms with Gasteiger partial charge in [0.2, 0.25) is 0 Å². The number of aromatic nitrogens is 4. The van der Waals surface area contributed by atoms with E-state index >= 15 is 0 Å². The van der Waals surface area contributed by atoms with E-state index in [2.05, 4.69) is 45.1 Å². The van der Waals surface area contributed by atoms with Crippen LogP contribution in [-0.2, 0) is 19.6 Å². The van der Waals surface area contributed by atoms with Gasteiger partial charge >= 0.3 is 0 Å². The van der Waals surface area contributed by atoms with Crippen LogP contribution < -0.4 is 5.32 Å². The Morgan fingerprint density at radius 2 is 2.10 bits per heavy atom. The van der Waals surface area contributed by atoms with Crippen LogP contribution in [0.4, 0.5) is 5.69 Å². The molecule has 21 heavy (non-hydrogen) atoms. The molecule has 0 unspecified atom stereocenters. The van der Waals surface area contributed by atoms with Crippen molar-refractivity contribution in [3.63, 3.8) is 0 Å². The minimum absolute atomic E-state index is 0.767. The van der Waals surface area contributed by atoms with Crippen molar-refractivity contribution in [1.29, 1.82) is 0 Å². The summed E-state index contributed by atoms with van der Waals surface area (Å²) in [4.78, 5) is 4.20.